The molecular formula is C21H29N5O3S. The smallest absolute Gasteiger partial charge is 0.278 e. The van der Waals surface area contributed by atoms with Gasteiger partial charge in [-0.3, -0.25) is 9.78 Å². The highest BCUT2D eigenvalue weighted by atomic mass is 32.2. The molecule has 0 spiro atoms. The topological polar surface area (TPSA) is 110 Å². The molecular weight excluding hydrogens is 402 g/mol. The van der Waals surface area contributed by atoms with E-state index in [2.05, 4.69) is 52.3 Å². The maximum atomic E-state index is 12.6. The number of sulfone groups is 1. The quantitative estimate of drug-likeness (QED) is 0.478. The number of benzene rings is 1. The summed E-state index contributed by atoms with van der Waals surface area (Å²) in [5, 5.41) is 3.18. The zero-order chi connectivity index (χ0) is 21.7. The molecule has 0 unspecified atom stereocenters. The fraction of sp³-hybridized carbons (Fsp3) is 0.476. The predicted molar refractivity (Wildman–Crippen MR) is 120 cm³/mol. The Morgan fingerprint density at radius 1 is 1.20 bits per heavy atom. The average molecular weight is 432 g/mol. The van der Waals surface area contributed by atoms with E-state index in [0.29, 0.717) is 36.6 Å². The molecule has 1 aromatic carbocycles. The van der Waals surface area contributed by atoms with E-state index >= 15 is 0 Å². The lowest BCUT2D eigenvalue weighted by Gasteiger charge is -2.09. The molecule has 3 aromatic rings. The number of unbranched alkanes of at least 4 members (excludes halogenated alkanes) is 2. The number of nitrogens with zero attached hydrogens (tertiary/aromatic N) is 3. The minimum atomic E-state index is -2.93. The minimum absolute atomic E-state index is 0.190. The molecule has 9 heteroatoms. The summed E-state index contributed by atoms with van der Waals surface area (Å²) in [5.41, 5.74) is 4.30. The summed E-state index contributed by atoms with van der Waals surface area (Å²) in [7, 11) is -2.93. The molecule has 3 rings (SSSR count). The molecule has 0 fully saturated rings. The van der Waals surface area contributed by atoms with Gasteiger partial charge in [0.2, 0.25) is 5.95 Å². The number of rotatable bonds is 10. The number of aromatic amines is 1. The number of H-pyrrole nitrogens is 1. The Morgan fingerprint density at radius 3 is 2.73 bits per heavy atom. The molecule has 2 N–H and O–H groups in total. The van der Waals surface area contributed by atoms with E-state index in [0.717, 1.165) is 24.8 Å². The van der Waals surface area contributed by atoms with E-state index in [1.54, 1.807) is 10.9 Å². The predicted octanol–water partition coefficient (Wildman–Crippen LogP) is 2.82. The van der Waals surface area contributed by atoms with Crippen LogP contribution in [0.15, 0.2) is 29.3 Å². The van der Waals surface area contributed by atoms with Crippen LogP contribution < -0.4 is 10.9 Å². The van der Waals surface area contributed by atoms with Crippen LogP contribution in [0.5, 0.6) is 0 Å². The highest BCUT2D eigenvalue weighted by Gasteiger charge is 2.11. The van der Waals surface area contributed by atoms with E-state index in [1.165, 1.54) is 17.4 Å². The molecule has 0 atom stereocenters. The normalized spacial score (nSPS) is 11.8. The third-order valence-electron chi connectivity index (χ3n) is 5.15. The first-order chi connectivity index (χ1) is 14.3. The Balaban J connectivity index is 1.64. The largest absolute Gasteiger partial charge is 0.352 e. The van der Waals surface area contributed by atoms with Crippen molar-refractivity contribution in [1.82, 2.24) is 19.5 Å². The summed E-state index contributed by atoms with van der Waals surface area (Å²) in [6, 6.07) is 6.33. The molecule has 0 saturated heterocycles. The Bertz CT molecular complexity index is 1180. The van der Waals surface area contributed by atoms with Crippen molar-refractivity contribution in [2.75, 3.05) is 17.3 Å². The third kappa shape index (κ3) is 5.69. The summed E-state index contributed by atoms with van der Waals surface area (Å²) in [5.74, 6) is 0.583. The first-order valence-electron chi connectivity index (χ1n) is 10.2. The van der Waals surface area contributed by atoms with Crippen molar-refractivity contribution >= 4 is 26.9 Å². The van der Waals surface area contributed by atoms with Crippen molar-refractivity contribution in [2.45, 2.75) is 52.6 Å². The van der Waals surface area contributed by atoms with Gasteiger partial charge < -0.3 is 9.88 Å². The first-order valence-corrected chi connectivity index (χ1v) is 12.3. The van der Waals surface area contributed by atoms with E-state index in [9.17, 15) is 13.2 Å². The summed E-state index contributed by atoms with van der Waals surface area (Å²) in [6.45, 7) is 5.39. The van der Waals surface area contributed by atoms with Crippen LogP contribution in [0, 0.1) is 6.92 Å². The highest BCUT2D eigenvalue weighted by Crippen LogP contribution is 2.14. The fourth-order valence-corrected chi connectivity index (χ4v) is 4.19. The van der Waals surface area contributed by atoms with Crippen molar-refractivity contribution in [3.8, 4) is 0 Å². The molecule has 162 valence electrons. The maximum Gasteiger partial charge on any atom is 0.278 e. The molecule has 0 saturated carbocycles. The van der Waals surface area contributed by atoms with Crippen LogP contribution in [-0.2, 0) is 29.3 Å². The Kier molecular flexibility index (Phi) is 6.91. The van der Waals surface area contributed by atoms with Crippen molar-refractivity contribution in [3.63, 3.8) is 0 Å². The number of fused-ring (bicyclic) bond motifs is 1. The van der Waals surface area contributed by atoms with Crippen LogP contribution in [0.3, 0.4) is 0 Å². The lowest BCUT2D eigenvalue weighted by atomic mass is 10.0. The molecule has 0 amide bonds. The van der Waals surface area contributed by atoms with E-state index in [-0.39, 0.29) is 11.3 Å². The van der Waals surface area contributed by atoms with Gasteiger partial charge in [0.1, 0.15) is 9.84 Å². The molecule has 8 nitrogen and oxygen atoms in total. The molecule has 0 radical (unpaired) electrons. The minimum Gasteiger partial charge on any atom is -0.352 e. The summed E-state index contributed by atoms with van der Waals surface area (Å²) < 4.78 is 24.2. The van der Waals surface area contributed by atoms with Gasteiger partial charge in [-0.05, 0) is 42.9 Å². The molecule has 30 heavy (non-hydrogen) atoms. The van der Waals surface area contributed by atoms with Gasteiger partial charge in [-0.1, -0.05) is 31.5 Å². The van der Waals surface area contributed by atoms with Crippen molar-refractivity contribution in [2.24, 2.45) is 0 Å². The lowest BCUT2D eigenvalue weighted by molar-refractivity contribution is 0.584. The molecule has 2 heterocycles. The van der Waals surface area contributed by atoms with Crippen LogP contribution in [-0.4, -0.2) is 39.9 Å². The molecule has 0 aliphatic heterocycles. The number of nitrogens with one attached hydrogen (secondary N) is 2. The van der Waals surface area contributed by atoms with Gasteiger partial charge in [-0.2, -0.15) is 4.98 Å². The van der Waals surface area contributed by atoms with Gasteiger partial charge >= 0.3 is 0 Å². The summed E-state index contributed by atoms with van der Waals surface area (Å²) in [6.07, 6.45) is 6.00. The highest BCUT2D eigenvalue weighted by molar-refractivity contribution is 7.90. The third-order valence-corrected chi connectivity index (χ3v) is 6.18. The maximum absolute atomic E-state index is 12.6. The molecule has 0 aliphatic rings. The Labute approximate surface area is 176 Å². The zero-order valence-electron chi connectivity index (χ0n) is 17.7. The number of hydrogen-bond donors (Lipinski definition) is 2. The second-order valence-electron chi connectivity index (χ2n) is 7.68. The van der Waals surface area contributed by atoms with E-state index in [4.69, 9.17) is 0 Å². The second-order valence-corrected chi connectivity index (χ2v) is 9.94. The summed E-state index contributed by atoms with van der Waals surface area (Å²) >= 11 is 0. The number of aryl methyl sites for hydroxylation is 3. The van der Waals surface area contributed by atoms with Crippen LogP contribution in [0.2, 0.25) is 0 Å². The Hall–Kier alpha value is -2.68. The average Bonchev–Trinajstić information content (AvgIpc) is 3.09. The van der Waals surface area contributed by atoms with Gasteiger partial charge in [-0.15, -0.1) is 0 Å². The SMILES string of the molecule is CCc1cc(CNc2nc3ncn(CCCCCS(C)(=O)=O)c3c(=O)[nH]2)ccc1C. The van der Waals surface area contributed by atoms with Crippen LogP contribution >= 0.6 is 0 Å². The van der Waals surface area contributed by atoms with Crippen LogP contribution in [0.1, 0.15) is 42.9 Å². The van der Waals surface area contributed by atoms with Gasteiger partial charge in [0, 0.05) is 25.1 Å². The van der Waals surface area contributed by atoms with Crippen LogP contribution in [0.25, 0.3) is 11.2 Å². The summed E-state index contributed by atoms with van der Waals surface area (Å²) in [4.78, 5) is 24.1. The van der Waals surface area contributed by atoms with Gasteiger partial charge in [0.25, 0.3) is 5.56 Å². The van der Waals surface area contributed by atoms with Gasteiger partial charge in [-0.25, -0.2) is 13.4 Å². The number of hydrogen-bond acceptors (Lipinski definition) is 6. The Morgan fingerprint density at radius 2 is 2.00 bits per heavy atom. The fourth-order valence-electron chi connectivity index (χ4n) is 3.46. The molecule has 0 bridgehead atoms. The second kappa shape index (κ2) is 9.42. The van der Waals surface area contributed by atoms with Crippen molar-refractivity contribution < 1.29 is 8.42 Å². The monoisotopic (exact) mass is 431 g/mol. The number of anilines is 1. The zero-order valence-corrected chi connectivity index (χ0v) is 18.6. The van der Waals surface area contributed by atoms with Crippen molar-refractivity contribution in [1.29, 1.82) is 0 Å². The number of aromatic nitrogens is 4. The van der Waals surface area contributed by atoms with Gasteiger partial charge in [0.05, 0.1) is 6.33 Å². The standard InChI is InChI=1S/C21H29N5O3S/c1-4-17-12-16(9-8-15(17)2)13-22-21-24-19-18(20(27)25-21)26(14-23-19)10-6-5-7-11-30(3,28)29/h8-9,12,14H,4-7,10-11,13H2,1-3H3,(H2,22,24,25,27). The number of imidazole rings is 1. The van der Waals surface area contributed by atoms with E-state index in [1.807, 2.05) is 0 Å². The molecule has 2 aromatic heterocycles. The molecule has 0 aliphatic carbocycles. The first kappa shape index (κ1) is 22.0. The lowest BCUT2D eigenvalue weighted by Crippen LogP contribution is -2.16. The van der Waals surface area contributed by atoms with Crippen LogP contribution in [0.4, 0.5) is 5.95 Å². The van der Waals surface area contributed by atoms with E-state index < -0.39 is 9.84 Å². The van der Waals surface area contributed by atoms with Gasteiger partial charge in [0.15, 0.2) is 11.2 Å². The van der Waals surface area contributed by atoms with Crippen molar-refractivity contribution in [3.05, 3.63) is 51.6 Å².